The van der Waals surface area contributed by atoms with Crippen LogP contribution in [0.5, 0.6) is 0 Å². The first-order valence-corrected chi connectivity index (χ1v) is 5.75. The van der Waals surface area contributed by atoms with Crippen LogP contribution in [-0.2, 0) is 4.79 Å². The Kier molecular flexibility index (Phi) is 6.95. The van der Waals surface area contributed by atoms with E-state index in [0.29, 0.717) is 0 Å². The molecule has 5 heteroatoms. The molecule has 1 amide bonds. The fourth-order valence-electron chi connectivity index (χ4n) is 1.76. The van der Waals surface area contributed by atoms with Gasteiger partial charge in [-0.1, -0.05) is 13.8 Å². The van der Waals surface area contributed by atoms with Crippen LogP contribution < -0.4 is 5.73 Å². The zero-order valence-corrected chi connectivity index (χ0v) is 11.3. The minimum absolute atomic E-state index is 0. The van der Waals surface area contributed by atoms with Crippen molar-refractivity contribution >= 4 is 18.3 Å². The van der Waals surface area contributed by atoms with E-state index >= 15 is 0 Å². The molecule has 0 aromatic heterocycles. The third-order valence-electron chi connectivity index (χ3n) is 3.03. The average molecular weight is 250 g/mol. The Morgan fingerprint density at radius 3 is 2.38 bits per heavy atom. The highest BCUT2D eigenvalue weighted by molar-refractivity contribution is 5.85. The number of hydrogen-bond acceptors (Lipinski definition) is 3. The Balaban J connectivity index is 0.00000225. The molecule has 16 heavy (non-hydrogen) atoms. The minimum atomic E-state index is -0.339. The SMILES string of the molecule is CC(C)[C@H](N)C(=O)N1CCCN(C)CC1.Cl. The number of amides is 1. The van der Waals surface area contributed by atoms with E-state index in [1.165, 1.54) is 0 Å². The molecule has 1 atom stereocenters. The molecule has 0 saturated carbocycles. The van der Waals surface area contributed by atoms with Gasteiger partial charge in [0, 0.05) is 19.6 Å². The van der Waals surface area contributed by atoms with E-state index in [1.807, 2.05) is 18.7 Å². The van der Waals surface area contributed by atoms with Gasteiger partial charge < -0.3 is 15.5 Å². The summed E-state index contributed by atoms with van der Waals surface area (Å²) in [6.45, 7) is 7.68. The third kappa shape index (κ3) is 4.28. The molecule has 0 bridgehead atoms. The van der Waals surface area contributed by atoms with Crippen LogP contribution in [-0.4, -0.2) is 55.0 Å². The van der Waals surface area contributed by atoms with E-state index in [0.717, 1.165) is 32.6 Å². The number of carbonyl (C=O) groups excluding carboxylic acids is 1. The van der Waals surface area contributed by atoms with Crippen molar-refractivity contribution in [3.05, 3.63) is 0 Å². The topological polar surface area (TPSA) is 49.6 Å². The van der Waals surface area contributed by atoms with Crippen molar-refractivity contribution in [2.24, 2.45) is 11.7 Å². The second kappa shape index (κ2) is 7.09. The number of halogens is 1. The summed E-state index contributed by atoms with van der Waals surface area (Å²) in [5, 5.41) is 0. The number of nitrogens with zero attached hydrogens (tertiary/aromatic N) is 2. The molecule has 1 aliphatic rings. The molecule has 0 radical (unpaired) electrons. The maximum absolute atomic E-state index is 12.0. The molecular formula is C11H24ClN3O. The van der Waals surface area contributed by atoms with Crippen LogP contribution >= 0.6 is 12.4 Å². The lowest BCUT2D eigenvalue weighted by Gasteiger charge is -2.25. The van der Waals surface area contributed by atoms with Crippen molar-refractivity contribution in [3.8, 4) is 0 Å². The lowest BCUT2D eigenvalue weighted by Crippen LogP contribution is -2.47. The van der Waals surface area contributed by atoms with Gasteiger partial charge in [-0.05, 0) is 25.9 Å². The predicted molar refractivity (Wildman–Crippen MR) is 68.8 cm³/mol. The summed E-state index contributed by atoms with van der Waals surface area (Å²) in [5.74, 6) is 0.332. The van der Waals surface area contributed by atoms with Gasteiger partial charge in [0.15, 0.2) is 0 Å². The van der Waals surface area contributed by atoms with E-state index in [1.54, 1.807) is 0 Å². The van der Waals surface area contributed by atoms with Crippen LogP contribution in [0.3, 0.4) is 0 Å². The zero-order valence-electron chi connectivity index (χ0n) is 10.5. The number of hydrogen-bond donors (Lipinski definition) is 1. The first-order chi connectivity index (χ1) is 7.02. The van der Waals surface area contributed by atoms with Crippen molar-refractivity contribution in [1.29, 1.82) is 0 Å². The Hall–Kier alpha value is -0.320. The number of rotatable bonds is 2. The van der Waals surface area contributed by atoms with Crippen LogP contribution in [0.1, 0.15) is 20.3 Å². The molecule has 96 valence electrons. The van der Waals surface area contributed by atoms with Crippen molar-refractivity contribution in [1.82, 2.24) is 9.80 Å². The summed E-state index contributed by atoms with van der Waals surface area (Å²) in [7, 11) is 2.09. The molecule has 0 aromatic rings. The van der Waals surface area contributed by atoms with Crippen molar-refractivity contribution in [2.45, 2.75) is 26.3 Å². The van der Waals surface area contributed by atoms with Crippen LogP contribution in [0.25, 0.3) is 0 Å². The average Bonchev–Trinajstić information content (AvgIpc) is 2.40. The highest BCUT2D eigenvalue weighted by Gasteiger charge is 2.24. The number of likely N-dealkylation sites (N-methyl/N-ethyl adjacent to an activating group) is 1. The molecule has 1 fully saturated rings. The Morgan fingerprint density at radius 2 is 1.81 bits per heavy atom. The second-order valence-electron chi connectivity index (χ2n) is 4.75. The molecule has 0 unspecified atom stereocenters. The Morgan fingerprint density at radius 1 is 1.19 bits per heavy atom. The molecule has 0 aromatic carbocycles. The van der Waals surface area contributed by atoms with E-state index in [2.05, 4.69) is 11.9 Å². The van der Waals surface area contributed by atoms with Crippen LogP contribution in [0.15, 0.2) is 0 Å². The summed E-state index contributed by atoms with van der Waals surface area (Å²) >= 11 is 0. The lowest BCUT2D eigenvalue weighted by atomic mass is 10.0. The van der Waals surface area contributed by atoms with E-state index in [-0.39, 0.29) is 30.3 Å². The largest absolute Gasteiger partial charge is 0.340 e. The highest BCUT2D eigenvalue weighted by Crippen LogP contribution is 2.07. The van der Waals surface area contributed by atoms with Gasteiger partial charge in [-0.15, -0.1) is 12.4 Å². The van der Waals surface area contributed by atoms with Gasteiger partial charge in [0.2, 0.25) is 5.91 Å². The first-order valence-electron chi connectivity index (χ1n) is 5.75. The smallest absolute Gasteiger partial charge is 0.239 e. The zero-order chi connectivity index (χ0) is 11.4. The van der Waals surface area contributed by atoms with Crippen molar-refractivity contribution < 1.29 is 4.79 Å². The van der Waals surface area contributed by atoms with Gasteiger partial charge in [-0.25, -0.2) is 0 Å². The molecule has 1 saturated heterocycles. The van der Waals surface area contributed by atoms with Crippen LogP contribution in [0, 0.1) is 5.92 Å². The van der Waals surface area contributed by atoms with E-state index in [4.69, 9.17) is 5.73 Å². The third-order valence-corrected chi connectivity index (χ3v) is 3.03. The quantitative estimate of drug-likeness (QED) is 0.778. The minimum Gasteiger partial charge on any atom is -0.340 e. The van der Waals surface area contributed by atoms with Gasteiger partial charge in [0.1, 0.15) is 0 Å². The number of nitrogens with two attached hydrogens (primary N) is 1. The maximum Gasteiger partial charge on any atom is 0.239 e. The van der Waals surface area contributed by atoms with Gasteiger partial charge >= 0.3 is 0 Å². The molecule has 0 aliphatic carbocycles. The van der Waals surface area contributed by atoms with Gasteiger partial charge in [0.05, 0.1) is 6.04 Å². The van der Waals surface area contributed by atoms with E-state index in [9.17, 15) is 4.79 Å². The molecule has 1 aliphatic heterocycles. The van der Waals surface area contributed by atoms with E-state index < -0.39 is 0 Å². The molecular weight excluding hydrogens is 226 g/mol. The standard InChI is InChI=1S/C11H23N3O.ClH/c1-9(2)10(12)11(15)14-6-4-5-13(3)7-8-14;/h9-10H,4-8,12H2,1-3H3;1H/t10-;/m0./s1. The molecule has 1 heterocycles. The molecule has 4 nitrogen and oxygen atoms in total. The van der Waals surface area contributed by atoms with Gasteiger partial charge in [-0.3, -0.25) is 4.79 Å². The Labute approximate surface area is 105 Å². The fourth-order valence-corrected chi connectivity index (χ4v) is 1.76. The van der Waals surface area contributed by atoms with Gasteiger partial charge in [0.25, 0.3) is 0 Å². The van der Waals surface area contributed by atoms with Crippen molar-refractivity contribution in [3.63, 3.8) is 0 Å². The monoisotopic (exact) mass is 249 g/mol. The van der Waals surface area contributed by atoms with Gasteiger partial charge in [-0.2, -0.15) is 0 Å². The molecule has 2 N–H and O–H groups in total. The second-order valence-corrected chi connectivity index (χ2v) is 4.75. The first kappa shape index (κ1) is 15.7. The van der Waals surface area contributed by atoms with Crippen LogP contribution in [0.4, 0.5) is 0 Å². The predicted octanol–water partition coefficient (Wildman–Crippen LogP) is 0.556. The van der Waals surface area contributed by atoms with Crippen molar-refractivity contribution in [2.75, 3.05) is 33.2 Å². The lowest BCUT2D eigenvalue weighted by molar-refractivity contribution is -0.133. The fraction of sp³-hybridized carbons (Fsp3) is 0.909. The maximum atomic E-state index is 12.0. The highest BCUT2D eigenvalue weighted by atomic mass is 35.5. The summed E-state index contributed by atoms with van der Waals surface area (Å²) in [6, 6.07) is -0.339. The van der Waals surface area contributed by atoms with Crippen LogP contribution in [0.2, 0.25) is 0 Å². The summed E-state index contributed by atoms with van der Waals surface area (Å²) in [4.78, 5) is 16.2. The summed E-state index contributed by atoms with van der Waals surface area (Å²) < 4.78 is 0. The Bertz CT molecular complexity index is 223. The summed E-state index contributed by atoms with van der Waals surface area (Å²) in [6.07, 6.45) is 1.05. The molecule has 1 rings (SSSR count). The normalized spacial score (nSPS) is 20.2. The molecule has 0 spiro atoms. The summed E-state index contributed by atoms with van der Waals surface area (Å²) in [5.41, 5.74) is 5.87. The number of carbonyl (C=O) groups is 1.